The van der Waals surface area contributed by atoms with E-state index in [1.54, 1.807) is 10.8 Å². The molecule has 1 unspecified atom stereocenters. The van der Waals surface area contributed by atoms with Crippen LogP contribution in [0.25, 0.3) is 11.2 Å². The fourth-order valence-electron chi connectivity index (χ4n) is 4.75. The molecule has 1 aliphatic heterocycles. The molecule has 2 aliphatic rings. The third kappa shape index (κ3) is 4.42. The van der Waals surface area contributed by atoms with Crippen molar-refractivity contribution < 1.29 is 0 Å². The van der Waals surface area contributed by atoms with Gasteiger partial charge in [0.25, 0.3) is 0 Å². The molecule has 3 N–H and O–H groups in total. The molecule has 5 rings (SSSR count). The maximum Gasteiger partial charge on any atom is 0.327 e. The fraction of sp³-hybridized carbons (Fsp3) is 0.542. The summed E-state index contributed by atoms with van der Waals surface area (Å²) >= 11 is 0. The number of imidazole rings is 1. The van der Waals surface area contributed by atoms with E-state index in [4.69, 9.17) is 0 Å². The number of aromatic nitrogens is 4. The summed E-state index contributed by atoms with van der Waals surface area (Å²) in [7, 11) is 0. The Labute approximate surface area is 188 Å². The van der Waals surface area contributed by atoms with Crippen LogP contribution in [0.3, 0.4) is 0 Å². The van der Waals surface area contributed by atoms with Crippen LogP contribution in [-0.4, -0.2) is 50.6 Å². The van der Waals surface area contributed by atoms with Crippen molar-refractivity contribution in [3.8, 4) is 0 Å². The summed E-state index contributed by atoms with van der Waals surface area (Å²) < 4.78 is 1.62. The van der Waals surface area contributed by atoms with Crippen LogP contribution in [0.5, 0.6) is 0 Å². The van der Waals surface area contributed by atoms with Crippen LogP contribution in [0, 0.1) is 5.92 Å². The molecular weight excluding hydrogens is 402 g/mol. The molecule has 8 heteroatoms. The van der Waals surface area contributed by atoms with Gasteiger partial charge in [0, 0.05) is 38.8 Å². The zero-order valence-electron chi connectivity index (χ0n) is 19.0. The van der Waals surface area contributed by atoms with Crippen molar-refractivity contribution in [3.05, 3.63) is 52.1 Å². The number of hydrogen-bond donors (Lipinski definition) is 3. The van der Waals surface area contributed by atoms with Crippen molar-refractivity contribution in [2.45, 2.75) is 51.7 Å². The number of anilines is 1. The highest BCUT2D eigenvalue weighted by molar-refractivity contribution is 5.70. The standard InChI is InChI=1S/C24H33N7O/c1-3-31-22-20(28-24(31)32)15-26-23(29-22)27-16(2)18-6-8-19(9-7-18)21(14-17-4-5-17)30-12-10-25-11-13-30/h6-9,15-17,21,25H,3-5,10-14H2,1-2H3,(H,28,32)(H,26,27,29)/t16-,21?/m0/s1. The summed E-state index contributed by atoms with van der Waals surface area (Å²) in [5.74, 6) is 1.43. The Morgan fingerprint density at radius 2 is 1.88 bits per heavy atom. The van der Waals surface area contributed by atoms with Crippen molar-refractivity contribution in [2.75, 3.05) is 31.5 Å². The summed E-state index contributed by atoms with van der Waals surface area (Å²) in [5, 5.41) is 6.87. The first-order valence-corrected chi connectivity index (χ1v) is 11.9. The second-order valence-corrected chi connectivity index (χ2v) is 9.12. The van der Waals surface area contributed by atoms with Crippen LogP contribution < -0.4 is 16.3 Å². The van der Waals surface area contributed by atoms with Crippen molar-refractivity contribution in [1.82, 2.24) is 29.7 Å². The predicted molar refractivity (Wildman–Crippen MR) is 127 cm³/mol. The smallest absolute Gasteiger partial charge is 0.327 e. The second-order valence-electron chi connectivity index (χ2n) is 9.12. The first kappa shape index (κ1) is 21.2. The van der Waals surface area contributed by atoms with E-state index in [1.165, 1.54) is 30.4 Å². The Balaban J connectivity index is 1.31. The normalized spacial score (nSPS) is 19.2. The Bertz CT molecular complexity index is 1110. The van der Waals surface area contributed by atoms with Crippen LogP contribution in [0.15, 0.2) is 35.3 Å². The minimum Gasteiger partial charge on any atom is -0.348 e. The zero-order valence-corrected chi connectivity index (χ0v) is 19.0. The molecule has 2 aromatic heterocycles. The average molecular weight is 436 g/mol. The van der Waals surface area contributed by atoms with Gasteiger partial charge >= 0.3 is 5.69 Å². The van der Waals surface area contributed by atoms with E-state index in [0.29, 0.717) is 29.7 Å². The highest BCUT2D eigenvalue weighted by Gasteiger charge is 2.30. The van der Waals surface area contributed by atoms with Gasteiger partial charge in [-0.2, -0.15) is 4.98 Å². The molecule has 3 aromatic rings. The number of aromatic amines is 1. The lowest BCUT2D eigenvalue weighted by Gasteiger charge is -2.35. The second kappa shape index (κ2) is 9.03. The van der Waals surface area contributed by atoms with Crippen LogP contribution in [0.2, 0.25) is 0 Å². The summed E-state index contributed by atoms with van der Waals surface area (Å²) in [6.07, 6.45) is 5.72. The minimum absolute atomic E-state index is 0.0586. The molecule has 170 valence electrons. The van der Waals surface area contributed by atoms with Gasteiger partial charge in [0.05, 0.1) is 12.2 Å². The van der Waals surface area contributed by atoms with Crippen molar-refractivity contribution in [3.63, 3.8) is 0 Å². The summed E-state index contributed by atoms with van der Waals surface area (Å²) in [4.78, 5) is 26.4. The van der Waals surface area contributed by atoms with Crippen molar-refractivity contribution in [2.24, 2.45) is 5.92 Å². The quantitative estimate of drug-likeness (QED) is 0.504. The average Bonchev–Trinajstić information content (AvgIpc) is 3.59. The monoisotopic (exact) mass is 435 g/mol. The zero-order chi connectivity index (χ0) is 22.1. The largest absolute Gasteiger partial charge is 0.348 e. The third-order valence-electron chi connectivity index (χ3n) is 6.84. The first-order chi connectivity index (χ1) is 15.6. The maximum atomic E-state index is 12.0. The molecule has 2 atom stereocenters. The van der Waals surface area contributed by atoms with Crippen molar-refractivity contribution >= 4 is 17.1 Å². The molecule has 1 saturated heterocycles. The fourth-order valence-corrected chi connectivity index (χ4v) is 4.75. The number of rotatable bonds is 8. The molecule has 0 spiro atoms. The molecule has 8 nitrogen and oxygen atoms in total. The SMILES string of the molecule is CCn1c(=O)[nH]c2cnc(N[C@@H](C)c3ccc(C(CC4CC4)N4CCNCC4)cc3)nc21. The van der Waals surface area contributed by atoms with E-state index in [-0.39, 0.29) is 11.7 Å². The Morgan fingerprint density at radius 1 is 1.16 bits per heavy atom. The van der Waals surface area contributed by atoms with Crippen LogP contribution in [0.4, 0.5) is 5.95 Å². The Hall–Kier alpha value is -2.71. The summed E-state index contributed by atoms with van der Waals surface area (Å²) in [5.41, 5.74) is 3.77. The molecule has 1 saturated carbocycles. The van der Waals surface area contributed by atoms with Gasteiger partial charge in [-0.3, -0.25) is 9.47 Å². The van der Waals surface area contributed by atoms with Gasteiger partial charge in [-0.25, -0.2) is 9.78 Å². The molecule has 0 amide bonds. The lowest BCUT2D eigenvalue weighted by molar-refractivity contribution is 0.160. The van der Waals surface area contributed by atoms with Gasteiger partial charge in [-0.1, -0.05) is 37.1 Å². The lowest BCUT2D eigenvalue weighted by Crippen LogP contribution is -2.45. The Morgan fingerprint density at radius 3 is 2.56 bits per heavy atom. The molecule has 0 bridgehead atoms. The minimum atomic E-state index is -0.150. The maximum absolute atomic E-state index is 12.0. The van der Waals surface area contributed by atoms with Gasteiger partial charge in [0.15, 0.2) is 5.65 Å². The molecule has 2 fully saturated rings. The van der Waals surface area contributed by atoms with Gasteiger partial charge in [0.2, 0.25) is 5.95 Å². The summed E-state index contributed by atoms with van der Waals surface area (Å²) in [6, 6.07) is 9.63. The number of fused-ring (bicyclic) bond motifs is 1. The highest BCUT2D eigenvalue weighted by atomic mass is 16.1. The Kier molecular flexibility index (Phi) is 5.97. The van der Waals surface area contributed by atoms with E-state index in [1.807, 2.05) is 6.92 Å². The molecule has 0 radical (unpaired) electrons. The number of H-pyrrole nitrogens is 1. The molecule has 1 aliphatic carbocycles. The molecular formula is C24H33N7O. The van der Waals surface area contributed by atoms with Gasteiger partial charge < -0.3 is 15.6 Å². The molecule has 32 heavy (non-hydrogen) atoms. The summed E-state index contributed by atoms with van der Waals surface area (Å²) in [6.45, 7) is 9.03. The van der Waals surface area contributed by atoms with Crippen LogP contribution >= 0.6 is 0 Å². The number of hydrogen-bond acceptors (Lipinski definition) is 6. The number of piperazine rings is 1. The van der Waals surface area contributed by atoms with E-state index in [2.05, 4.69) is 61.7 Å². The van der Waals surface area contributed by atoms with Gasteiger partial charge in [-0.05, 0) is 37.3 Å². The van der Waals surface area contributed by atoms with Crippen LogP contribution in [0.1, 0.15) is 56.3 Å². The first-order valence-electron chi connectivity index (χ1n) is 11.9. The van der Waals surface area contributed by atoms with E-state index in [0.717, 1.165) is 32.1 Å². The van der Waals surface area contributed by atoms with Gasteiger partial charge in [-0.15, -0.1) is 0 Å². The van der Waals surface area contributed by atoms with Crippen molar-refractivity contribution in [1.29, 1.82) is 0 Å². The number of benzene rings is 1. The van der Waals surface area contributed by atoms with E-state index < -0.39 is 0 Å². The molecule has 3 heterocycles. The third-order valence-corrected chi connectivity index (χ3v) is 6.84. The molecule has 1 aromatic carbocycles. The van der Waals surface area contributed by atoms with Gasteiger partial charge in [0.1, 0.15) is 5.52 Å². The number of nitrogens with zero attached hydrogens (tertiary/aromatic N) is 4. The highest BCUT2D eigenvalue weighted by Crippen LogP contribution is 2.40. The van der Waals surface area contributed by atoms with E-state index >= 15 is 0 Å². The van der Waals surface area contributed by atoms with Crippen LogP contribution in [-0.2, 0) is 6.54 Å². The topological polar surface area (TPSA) is 90.9 Å². The number of aryl methyl sites for hydroxylation is 1. The number of nitrogens with one attached hydrogen (secondary N) is 3. The van der Waals surface area contributed by atoms with E-state index in [9.17, 15) is 4.79 Å². The lowest BCUT2D eigenvalue weighted by atomic mass is 9.96. The predicted octanol–water partition coefficient (Wildman–Crippen LogP) is 3.06.